The summed E-state index contributed by atoms with van der Waals surface area (Å²) in [5.41, 5.74) is 5.08. The van der Waals surface area contributed by atoms with Crippen molar-refractivity contribution in [2.24, 2.45) is 0 Å². The summed E-state index contributed by atoms with van der Waals surface area (Å²) in [6.07, 6.45) is 0. The van der Waals surface area contributed by atoms with E-state index in [1.807, 2.05) is 12.1 Å². The summed E-state index contributed by atoms with van der Waals surface area (Å²) in [6, 6.07) is 19.4. The fourth-order valence-electron chi connectivity index (χ4n) is 3.95. The summed E-state index contributed by atoms with van der Waals surface area (Å²) in [7, 11) is 0. The van der Waals surface area contributed by atoms with Crippen LogP contribution in [-0.4, -0.2) is 25.0 Å². The van der Waals surface area contributed by atoms with Crippen molar-refractivity contribution in [3.05, 3.63) is 65.7 Å². The van der Waals surface area contributed by atoms with Gasteiger partial charge in [-0.3, -0.25) is 5.10 Å². The minimum Gasteiger partial charge on any atom is -0.504 e. The van der Waals surface area contributed by atoms with E-state index in [4.69, 9.17) is 11.6 Å². The summed E-state index contributed by atoms with van der Waals surface area (Å²) in [6.45, 7) is 3.04. The Bertz CT molecular complexity index is 1380. The second kappa shape index (κ2) is 6.57. The number of rotatable bonds is 3. The van der Waals surface area contributed by atoms with Crippen molar-refractivity contribution in [2.45, 2.75) is 13.5 Å². The largest absolute Gasteiger partial charge is 0.504 e. The van der Waals surface area contributed by atoms with Crippen LogP contribution in [0.5, 0.6) is 11.5 Å². The minimum atomic E-state index is -0.266. The van der Waals surface area contributed by atoms with Crippen molar-refractivity contribution in [1.82, 2.24) is 14.8 Å². The molecule has 0 aliphatic rings. The molecule has 3 N–H and O–H groups in total. The first-order valence-corrected chi connectivity index (χ1v) is 9.73. The van der Waals surface area contributed by atoms with Crippen LogP contribution in [0.4, 0.5) is 0 Å². The number of hydrogen-bond donors (Lipinski definition) is 3. The highest BCUT2D eigenvalue weighted by atomic mass is 35.5. The average Bonchev–Trinajstić information content (AvgIpc) is 3.33. The van der Waals surface area contributed by atoms with E-state index in [1.165, 1.54) is 27.9 Å². The molecule has 0 saturated carbocycles. The molecule has 2 aromatic heterocycles. The summed E-state index contributed by atoms with van der Waals surface area (Å²) in [5, 5.41) is 30.1. The number of aryl methyl sites for hydroxylation is 1. The topological polar surface area (TPSA) is 74.1 Å². The number of aromatic hydroxyl groups is 2. The molecular weight excluding hydrogens is 386 g/mol. The lowest BCUT2D eigenvalue weighted by molar-refractivity contribution is 0.405. The number of phenols is 2. The molecule has 0 fully saturated rings. The van der Waals surface area contributed by atoms with Crippen LogP contribution in [0.15, 0.2) is 60.7 Å². The van der Waals surface area contributed by atoms with E-state index in [0.29, 0.717) is 16.3 Å². The lowest BCUT2D eigenvalue weighted by Crippen LogP contribution is -1.92. The molecule has 3 aromatic carbocycles. The lowest BCUT2D eigenvalue weighted by atomic mass is 10.1. The Balaban J connectivity index is 1.65. The molecule has 0 atom stereocenters. The van der Waals surface area contributed by atoms with Gasteiger partial charge in [0.25, 0.3) is 0 Å². The van der Waals surface area contributed by atoms with Crippen molar-refractivity contribution in [2.75, 3.05) is 0 Å². The van der Waals surface area contributed by atoms with Crippen LogP contribution in [0.2, 0.25) is 5.02 Å². The predicted molar refractivity (Wildman–Crippen MR) is 116 cm³/mol. The molecule has 0 aliphatic heterocycles. The first-order valence-electron chi connectivity index (χ1n) is 9.35. The fourth-order valence-corrected chi connectivity index (χ4v) is 4.16. The Labute approximate surface area is 171 Å². The zero-order chi connectivity index (χ0) is 20.1. The average molecular weight is 404 g/mol. The highest BCUT2D eigenvalue weighted by Gasteiger charge is 2.15. The van der Waals surface area contributed by atoms with Crippen molar-refractivity contribution in [1.29, 1.82) is 0 Å². The Kier molecular flexibility index (Phi) is 4.00. The standard InChI is InChI=1S/C23H18ClN3O2/c1-2-27-20-6-4-3-5-15(20)16-9-13(7-8-21(16)27)18-12-19(26-25-18)17-10-14(24)11-22(28)23(17)29/h3-12,28-29H,2H2,1H3,(H,25,26). The van der Waals surface area contributed by atoms with E-state index in [-0.39, 0.29) is 11.5 Å². The van der Waals surface area contributed by atoms with Gasteiger partial charge in [-0.1, -0.05) is 35.9 Å². The van der Waals surface area contributed by atoms with Crippen LogP contribution in [0, 0.1) is 0 Å². The van der Waals surface area contributed by atoms with Crippen LogP contribution in [0.1, 0.15) is 6.92 Å². The molecule has 144 valence electrons. The van der Waals surface area contributed by atoms with Crippen LogP contribution < -0.4 is 0 Å². The number of H-pyrrole nitrogens is 1. The Morgan fingerprint density at radius 3 is 2.59 bits per heavy atom. The third kappa shape index (κ3) is 2.74. The Morgan fingerprint density at radius 2 is 1.76 bits per heavy atom. The predicted octanol–water partition coefficient (Wildman–Crippen LogP) is 5.94. The number of fused-ring (bicyclic) bond motifs is 3. The van der Waals surface area contributed by atoms with E-state index in [0.717, 1.165) is 17.8 Å². The van der Waals surface area contributed by atoms with Gasteiger partial charge in [0.15, 0.2) is 11.5 Å². The van der Waals surface area contributed by atoms with Crippen molar-refractivity contribution in [3.63, 3.8) is 0 Å². The molecule has 2 heterocycles. The molecule has 0 saturated heterocycles. The van der Waals surface area contributed by atoms with Gasteiger partial charge in [-0.25, -0.2) is 0 Å². The van der Waals surface area contributed by atoms with Gasteiger partial charge in [0.2, 0.25) is 0 Å². The van der Waals surface area contributed by atoms with Crippen LogP contribution in [0.25, 0.3) is 44.3 Å². The van der Waals surface area contributed by atoms with Crippen LogP contribution in [0.3, 0.4) is 0 Å². The van der Waals surface area contributed by atoms with E-state index in [2.05, 4.69) is 58.1 Å². The molecule has 0 amide bonds. The molecule has 0 bridgehead atoms. The van der Waals surface area contributed by atoms with Crippen molar-refractivity contribution < 1.29 is 10.2 Å². The molecule has 0 spiro atoms. The number of nitrogens with zero attached hydrogens (tertiary/aromatic N) is 2. The third-order valence-corrected chi connectivity index (χ3v) is 5.53. The molecule has 0 radical (unpaired) electrons. The number of hydrogen-bond acceptors (Lipinski definition) is 3. The van der Waals surface area contributed by atoms with Gasteiger partial charge < -0.3 is 14.8 Å². The highest BCUT2D eigenvalue weighted by Crippen LogP contribution is 2.39. The number of aromatic nitrogens is 3. The molecule has 0 unspecified atom stereocenters. The summed E-state index contributed by atoms with van der Waals surface area (Å²) < 4.78 is 2.30. The van der Waals surface area contributed by atoms with Crippen molar-refractivity contribution >= 4 is 33.4 Å². The molecule has 5 nitrogen and oxygen atoms in total. The van der Waals surface area contributed by atoms with E-state index in [1.54, 1.807) is 6.07 Å². The van der Waals surface area contributed by atoms with Crippen LogP contribution >= 0.6 is 11.6 Å². The van der Waals surface area contributed by atoms with Gasteiger partial charge in [-0.05, 0) is 37.3 Å². The number of para-hydroxylation sites is 1. The summed E-state index contributed by atoms with van der Waals surface area (Å²) >= 11 is 6.02. The van der Waals surface area contributed by atoms with E-state index >= 15 is 0 Å². The monoisotopic (exact) mass is 403 g/mol. The first kappa shape index (κ1) is 17.6. The Hall–Kier alpha value is -3.44. The minimum absolute atomic E-state index is 0.230. The highest BCUT2D eigenvalue weighted by molar-refractivity contribution is 6.31. The second-order valence-electron chi connectivity index (χ2n) is 6.98. The van der Waals surface area contributed by atoms with E-state index < -0.39 is 0 Å². The van der Waals surface area contributed by atoms with Crippen molar-refractivity contribution in [3.8, 4) is 34.0 Å². The molecule has 0 aliphatic carbocycles. The third-order valence-electron chi connectivity index (χ3n) is 5.31. The number of phenolic OH excluding ortho intramolecular Hbond substituents is 2. The molecule has 29 heavy (non-hydrogen) atoms. The number of aromatic amines is 1. The first-order chi connectivity index (χ1) is 14.1. The maximum Gasteiger partial charge on any atom is 0.167 e. The fraction of sp³-hybridized carbons (Fsp3) is 0.0870. The smallest absolute Gasteiger partial charge is 0.167 e. The van der Waals surface area contributed by atoms with Crippen LogP contribution in [-0.2, 0) is 6.54 Å². The second-order valence-corrected chi connectivity index (χ2v) is 7.42. The van der Waals surface area contributed by atoms with Gasteiger partial charge in [-0.2, -0.15) is 5.10 Å². The summed E-state index contributed by atoms with van der Waals surface area (Å²) in [5.74, 6) is -0.497. The lowest BCUT2D eigenvalue weighted by Gasteiger charge is -2.04. The van der Waals surface area contributed by atoms with Gasteiger partial charge in [0.1, 0.15) is 0 Å². The normalized spacial score (nSPS) is 11.5. The molecule has 6 heteroatoms. The number of halogens is 1. The molecular formula is C23H18ClN3O2. The zero-order valence-electron chi connectivity index (χ0n) is 15.6. The summed E-state index contributed by atoms with van der Waals surface area (Å²) in [4.78, 5) is 0. The SMILES string of the molecule is CCn1c2ccccc2c2cc(-c3cc(-c4cc(Cl)cc(O)c4O)[nH]n3)ccc21. The van der Waals surface area contributed by atoms with Gasteiger partial charge in [0, 0.05) is 50.6 Å². The van der Waals surface area contributed by atoms with Gasteiger partial charge >= 0.3 is 0 Å². The maximum absolute atomic E-state index is 10.2. The molecule has 5 rings (SSSR count). The van der Waals surface area contributed by atoms with Gasteiger partial charge in [-0.15, -0.1) is 0 Å². The number of nitrogens with one attached hydrogen (secondary N) is 1. The van der Waals surface area contributed by atoms with Gasteiger partial charge in [0.05, 0.1) is 11.4 Å². The quantitative estimate of drug-likeness (QED) is 0.326. The van der Waals surface area contributed by atoms with E-state index in [9.17, 15) is 10.2 Å². The zero-order valence-corrected chi connectivity index (χ0v) is 16.4. The molecule has 5 aromatic rings. The maximum atomic E-state index is 10.2. The number of benzene rings is 3. The Morgan fingerprint density at radius 1 is 0.966 bits per heavy atom.